The maximum atomic E-state index is 13.7. The minimum atomic E-state index is -4.04. The predicted molar refractivity (Wildman–Crippen MR) is 67.0 cm³/mol. The van der Waals surface area contributed by atoms with Crippen LogP contribution < -0.4 is 10.5 Å². The third-order valence-electron chi connectivity index (χ3n) is 3.09. The molecular formula is C11H15F2N3O2S. The molecule has 0 amide bonds. The summed E-state index contributed by atoms with van der Waals surface area (Å²) in [6.45, 7) is 1.32. The van der Waals surface area contributed by atoms with Gasteiger partial charge in [0.2, 0.25) is 10.0 Å². The molecule has 0 spiro atoms. The van der Waals surface area contributed by atoms with Gasteiger partial charge in [0.05, 0.1) is 0 Å². The lowest BCUT2D eigenvalue weighted by molar-refractivity contribution is 0.407. The zero-order chi connectivity index (χ0) is 14.2. The second kappa shape index (κ2) is 5.03. The molecule has 1 saturated heterocycles. The summed E-state index contributed by atoms with van der Waals surface area (Å²) < 4.78 is 53.2. The highest BCUT2D eigenvalue weighted by molar-refractivity contribution is 7.89. The van der Waals surface area contributed by atoms with E-state index in [0.717, 1.165) is 18.7 Å². The highest BCUT2D eigenvalue weighted by atomic mass is 32.2. The fraction of sp³-hybridized carbons (Fsp3) is 0.455. The van der Waals surface area contributed by atoms with Crippen LogP contribution in [0.1, 0.15) is 6.42 Å². The standard InChI is InChI=1S/C11H15F2N3O2S/c1-16-5-4-7(6-16)15-19(17,18)9-3-2-8(12)11(14)10(9)13/h2-3,7,15H,4-6,14H2,1H3. The molecule has 106 valence electrons. The van der Waals surface area contributed by atoms with Crippen molar-refractivity contribution in [1.29, 1.82) is 0 Å². The summed E-state index contributed by atoms with van der Waals surface area (Å²) in [5.41, 5.74) is 4.37. The third kappa shape index (κ3) is 2.85. The van der Waals surface area contributed by atoms with E-state index in [1.807, 2.05) is 11.9 Å². The van der Waals surface area contributed by atoms with Crippen molar-refractivity contribution >= 4 is 15.7 Å². The van der Waals surface area contributed by atoms with Gasteiger partial charge in [0.1, 0.15) is 16.4 Å². The first-order valence-corrected chi connectivity index (χ1v) is 7.24. The van der Waals surface area contributed by atoms with Gasteiger partial charge < -0.3 is 10.6 Å². The number of sulfonamides is 1. The molecule has 1 aliphatic rings. The summed E-state index contributed by atoms with van der Waals surface area (Å²) in [5.74, 6) is -2.23. The third-order valence-corrected chi connectivity index (χ3v) is 4.63. The molecule has 1 aromatic carbocycles. The number of benzene rings is 1. The van der Waals surface area contributed by atoms with Crippen molar-refractivity contribution in [3.63, 3.8) is 0 Å². The highest BCUT2D eigenvalue weighted by Crippen LogP contribution is 2.23. The molecule has 19 heavy (non-hydrogen) atoms. The number of likely N-dealkylation sites (tertiary alicyclic amines) is 1. The van der Waals surface area contributed by atoms with Gasteiger partial charge >= 0.3 is 0 Å². The second-order valence-electron chi connectivity index (χ2n) is 4.64. The van der Waals surface area contributed by atoms with E-state index >= 15 is 0 Å². The van der Waals surface area contributed by atoms with Gasteiger partial charge in [0, 0.05) is 12.6 Å². The van der Waals surface area contributed by atoms with E-state index < -0.39 is 32.2 Å². The Morgan fingerprint density at radius 2 is 2.11 bits per heavy atom. The number of rotatable bonds is 3. The van der Waals surface area contributed by atoms with Crippen molar-refractivity contribution in [2.24, 2.45) is 0 Å². The average molecular weight is 291 g/mol. The molecular weight excluding hydrogens is 276 g/mol. The Bertz CT molecular complexity index is 592. The molecule has 1 fully saturated rings. The fourth-order valence-electron chi connectivity index (χ4n) is 2.07. The van der Waals surface area contributed by atoms with Crippen LogP contribution in [-0.4, -0.2) is 39.5 Å². The van der Waals surface area contributed by atoms with Gasteiger partial charge in [-0.3, -0.25) is 0 Å². The Morgan fingerprint density at radius 3 is 2.68 bits per heavy atom. The number of nitrogen functional groups attached to an aromatic ring is 1. The van der Waals surface area contributed by atoms with Gasteiger partial charge in [-0.05, 0) is 32.1 Å². The van der Waals surface area contributed by atoms with Crippen molar-refractivity contribution in [2.75, 3.05) is 25.9 Å². The van der Waals surface area contributed by atoms with Crippen LogP contribution in [0.25, 0.3) is 0 Å². The van der Waals surface area contributed by atoms with E-state index in [2.05, 4.69) is 4.72 Å². The fourth-order valence-corrected chi connectivity index (χ4v) is 3.42. The Balaban J connectivity index is 2.27. The number of nitrogens with one attached hydrogen (secondary N) is 1. The quantitative estimate of drug-likeness (QED) is 0.797. The van der Waals surface area contributed by atoms with Gasteiger partial charge in [-0.2, -0.15) is 0 Å². The van der Waals surface area contributed by atoms with Gasteiger partial charge in [0.15, 0.2) is 5.82 Å². The maximum Gasteiger partial charge on any atom is 0.243 e. The molecule has 3 N–H and O–H groups in total. The van der Waals surface area contributed by atoms with Crippen LogP contribution in [0.4, 0.5) is 14.5 Å². The van der Waals surface area contributed by atoms with Crippen LogP contribution in [0.3, 0.4) is 0 Å². The van der Waals surface area contributed by atoms with Crippen LogP contribution in [0.15, 0.2) is 17.0 Å². The largest absolute Gasteiger partial charge is 0.394 e. The van der Waals surface area contributed by atoms with Crippen molar-refractivity contribution in [3.8, 4) is 0 Å². The first-order valence-electron chi connectivity index (χ1n) is 5.75. The van der Waals surface area contributed by atoms with Crippen LogP contribution >= 0.6 is 0 Å². The normalized spacial score (nSPS) is 20.9. The maximum absolute atomic E-state index is 13.7. The van der Waals surface area contributed by atoms with Crippen molar-refractivity contribution in [1.82, 2.24) is 9.62 Å². The molecule has 0 radical (unpaired) electrons. The molecule has 0 aliphatic carbocycles. The molecule has 1 atom stereocenters. The Morgan fingerprint density at radius 1 is 1.42 bits per heavy atom. The van der Waals surface area contributed by atoms with Crippen molar-refractivity contribution in [2.45, 2.75) is 17.4 Å². The number of nitrogens with zero attached hydrogens (tertiary/aromatic N) is 1. The number of nitrogens with two attached hydrogens (primary N) is 1. The lowest BCUT2D eigenvalue weighted by Gasteiger charge is -2.14. The molecule has 1 unspecified atom stereocenters. The SMILES string of the molecule is CN1CCC(NS(=O)(=O)c2ccc(F)c(N)c2F)C1. The zero-order valence-corrected chi connectivity index (χ0v) is 11.2. The number of anilines is 1. The summed E-state index contributed by atoms with van der Waals surface area (Å²) in [6.07, 6.45) is 0.647. The van der Waals surface area contributed by atoms with E-state index in [1.165, 1.54) is 0 Å². The van der Waals surface area contributed by atoms with Gasteiger partial charge in [-0.15, -0.1) is 0 Å². The number of likely N-dealkylation sites (N-methyl/N-ethyl adjacent to an activating group) is 1. The molecule has 0 bridgehead atoms. The number of halogens is 2. The van der Waals surface area contributed by atoms with E-state index in [1.54, 1.807) is 0 Å². The average Bonchev–Trinajstić information content (AvgIpc) is 2.70. The first kappa shape index (κ1) is 14.2. The number of hydrogen-bond donors (Lipinski definition) is 2. The lowest BCUT2D eigenvalue weighted by Crippen LogP contribution is -2.37. The van der Waals surface area contributed by atoms with E-state index in [4.69, 9.17) is 5.73 Å². The van der Waals surface area contributed by atoms with E-state index in [-0.39, 0.29) is 6.04 Å². The Hall–Kier alpha value is -1.25. The summed E-state index contributed by atoms with van der Waals surface area (Å²) >= 11 is 0. The summed E-state index contributed by atoms with van der Waals surface area (Å²) in [4.78, 5) is 1.34. The minimum absolute atomic E-state index is 0.277. The van der Waals surface area contributed by atoms with Gasteiger partial charge in [-0.1, -0.05) is 0 Å². The summed E-state index contributed by atoms with van der Waals surface area (Å²) in [7, 11) is -2.17. The highest BCUT2D eigenvalue weighted by Gasteiger charge is 2.28. The Labute approximate surface area is 110 Å². The molecule has 0 saturated carbocycles. The zero-order valence-electron chi connectivity index (χ0n) is 10.4. The topological polar surface area (TPSA) is 75.4 Å². The first-order chi connectivity index (χ1) is 8.81. The van der Waals surface area contributed by atoms with Crippen LogP contribution in [0.2, 0.25) is 0 Å². The van der Waals surface area contributed by atoms with Crippen LogP contribution in [0, 0.1) is 11.6 Å². The Kier molecular flexibility index (Phi) is 3.75. The van der Waals surface area contributed by atoms with Crippen molar-refractivity contribution in [3.05, 3.63) is 23.8 Å². The van der Waals surface area contributed by atoms with Crippen molar-refractivity contribution < 1.29 is 17.2 Å². The molecule has 1 heterocycles. The molecule has 8 heteroatoms. The smallest absolute Gasteiger partial charge is 0.243 e. The molecule has 2 rings (SSSR count). The van der Waals surface area contributed by atoms with Gasteiger partial charge in [0.25, 0.3) is 0 Å². The number of hydrogen-bond acceptors (Lipinski definition) is 4. The van der Waals surface area contributed by atoms with Gasteiger partial charge in [-0.25, -0.2) is 21.9 Å². The van der Waals surface area contributed by atoms with Crippen LogP contribution in [-0.2, 0) is 10.0 Å². The minimum Gasteiger partial charge on any atom is -0.394 e. The lowest BCUT2D eigenvalue weighted by atomic mass is 10.3. The van der Waals surface area contributed by atoms with E-state index in [9.17, 15) is 17.2 Å². The monoisotopic (exact) mass is 291 g/mol. The molecule has 0 aromatic heterocycles. The summed E-state index contributed by atoms with van der Waals surface area (Å²) in [6, 6.07) is 1.44. The molecule has 1 aliphatic heterocycles. The second-order valence-corrected chi connectivity index (χ2v) is 6.32. The predicted octanol–water partition coefficient (Wildman–Crippen LogP) is 0.529. The molecule has 5 nitrogen and oxygen atoms in total. The summed E-state index contributed by atoms with van der Waals surface area (Å²) in [5, 5.41) is 0. The van der Waals surface area contributed by atoms with Crippen LogP contribution in [0.5, 0.6) is 0 Å². The van der Waals surface area contributed by atoms with E-state index in [0.29, 0.717) is 13.0 Å². The molecule has 1 aromatic rings.